The maximum Gasteiger partial charge on any atom is 0.322 e. The standard InChI is InChI=1S/C30H36N8O3/c39-28-27(15-19-5-6-26-23(16-32-35-26)24(19)18-37(28)21-7-11-31-12-8-21)34-29(40)36-13-9-22(10-14-36)38-17-20-3-1-2-4-25(20)33-30(38)41/h1-6,16,21-22,27,31H,7-15,17-18H2,(H,32,35)(H,33,41)(H,34,40)/t27-/m1/s1. The number of fused-ring (bicyclic) bond motifs is 4. The summed E-state index contributed by atoms with van der Waals surface area (Å²) < 4.78 is 0. The third-order valence-corrected chi connectivity index (χ3v) is 9.27. The SMILES string of the molecule is O=C(N[C@@H]1Cc2ccc3[nH]ncc3c2CN(C2CCNCC2)C1=O)N1CCC(N2Cc3ccccc3NC2=O)CC1. The molecule has 0 bridgehead atoms. The topological polar surface area (TPSA) is 126 Å². The van der Waals surface area contributed by atoms with Crippen LogP contribution in [-0.2, 0) is 24.3 Å². The summed E-state index contributed by atoms with van der Waals surface area (Å²) in [6.07, 6.45) is 5.47. The number of amides is 5. The number of aromatic nitrogens is 2. The van der Waals surface area contributed by atoms with Gasteiger partial charge in [-0.05, 0) is 67.6 Å². The zero-order valence-electron chi connectivity index (χ0n) is 23.1. The molecule has 0 spiro atoms. The van der Waals surface area contributed by atoms with E-state index in [2.05, 4.69) is 32.2 Å². The number of hydrogen-bond donors (Lipinski definition) is 4. The molecule has 41 heavy (non-hydrogen) atoms. The van der Waals surface area contributed by atoms with Crippen molar-refractivity contribution in [2.75, 3.05) is 31.5 Å². The summed E-state index contributed by atoms with van der Waals surface area (Å²) in [6, 6.07) is 11.2. The Hall–Kier alpha value is -4.12. The number of likely N-dealkylation sites (tertiary alicyclic amines) is 1. The minimum absolute atomic E-state index is 0.0170. The van der Waals surface area contributed by atoms with E-state index in [1.54, 1.807) is 4.90 Å². The van der Waals surface area contributed by atoms with E-state index in [0.29, 0.717) is 45.4 Å². The number of aromatic amines is 1. The van der Waals surface area contributed by atoms with Gasteiger partial charge in [0.15, 0.2) is 0 Å². The zero-order chi connectivity index (χ0) is 27.9. The van der Waals surface area contributed by atoms with Crippen LogP contribution in [0.5, 0.6) is 0 Å². The summed E-state index contributed by atoms with van der Waals surface area (Å²) in [5.74, 6) is -0.0170. The van der Waals surface area contributed by atoms with Gasteiger partial charge in [-0.25, -0.2) is 9.59 Å². The quantitative estimate of drug-likeness (QED) is 0.395. The molecule has 11 nitrogen and oxygen atoms in total. The van der Waals surface area contributed by atoms with Crippen molar-refractivity contribution in [3.05, 3.63) is 59.3 Å². The third kappa shape index (κ3) is 4.88. The molecule has 0 aliphatic carbocycles. The largest absolute Gasteiger partial charge is 0.333 e. The van der Waals surface area contributed by atoms with Crippen LogP contribution in [-0.4, -0.2) is 87.2 Å². The number of nitrogens with zero attached hydrogens (tertiary/aromatic N) is 4. The predicted molar refractivity (Wildman–Crippen MR) is 154 cm³/mol. The predicted octanol–water partition coefficient (Wildman–Crippen LogP) is 2.79. The lowest BCUT2D eigenvalue weighted by Gasteiger charge is -2.41. The molecule has 0 saturated carbocycles. The van der Waals surface area contributed by atoms with E-state index in [4.69, 9.17) is 0 Å². The third-order valence-electron chi connectivity index (χ3n) is 9.27. The maximum absolute atomic E-state index is 14.0. The summed E-state index contributed by atoms with van der Waals surface area (Å²) in [4.78, 5) is 46.0. The fraction of sp³-hybridized carbons (Fsp3) is 0.467. The molecule has 2 fully saturated rings. The minimum Gasteiger partial charge on any atom is -0.333 e. The molecule has 4 aliphatic heterocycles. The van der Waals surface area contributed by atoms with E-state index >= 15 is 0 Å². The molecule has 2 saturated heterocycles. The number of rotatable bonds is 3. The molecule has 1 atom stereocenters. The number of carbonyl (C=O) groups excluding carboxylic acids is 3. The van der Waals surface area contributed by atoms with Crippen molar-refractivity contribution >= 4 is 34.6 Å². The minimum atomic E-state index is -0.634. The smallest absolute Gasteiger partial charge is 0.322 e. The van der Waals surface area contributed by atoms with Crippen LogP contribution >= 0.6 is 0 Å². The molecule has 4 aliphatic rings. The lowest BCUT2D eigenvalue weighted by molar-refractivity contribution is -0.136. The number of anilines is 1. The average molecular weight is 557 g/mol. The maximum atomic E-state index is 14.0. The summed E-state index contributed by atoms with van der Waals surface area (Å²) in [5, 5.41) is 17.8. The second-order valence-corrected chi connectivity index (χ2v) is 11.6. The lowest BCUT2D eigenvalue weighted by atomic mass is 9.98. The van der Waals surface area contributed by atoms with E-state index in [1.807, 2.05) is 46.3 Å². The Bertz CT molecular complexity index is 1470. The van der Waals surface area contributed by atoms with Gasteiger partial charge < -0.3 is 30.7 Å². The van der Waals surface area contributed by atoms with Crippen molar-refractivity contribution in [3.63, 3.8) is 0 Å². The first-order valence-corrected chi connectivity index (χ1v) is 14.7. The van der Waals surface area contributed by atoms with Crippen molar-refractivity contribution in [2.45, 2.75) is 63.3 Å². The fourth-order valence-corrected chi connectivity index (χ4v) is 6.93. The van der Waals surface area contributed by atoms with Crippen LogP contribution in [0.4, 0.5) is 15.3 Å². The number of piperidine rings is 2. The van der Waals surface area contributed by atoms with Crippen LogP contribution in [0.1, 0.15) is 42.4 Å². The Labute approximate surface area is 238 Å². The molecule has 4 N–H and O–H groups in total. The number of nitrogens with one attached hydrogen (secondary N) is 4. The molecule has 11 heteroatoms. The van der Waals surface area contributed by atoms with Crippen LogP contribution in [0, 0.1) is 0 Å². The van der Waals surface area contributed by atoms with Crippen LogP contribution in [0.3, 0.4) is 0 Å². The first kappa shape index (κ1) is 25.8. The van der Waals surface area contributed by atoms with Crippen molar-refractivity contribution in [3.8, 4) is 0 Å². The summed E-state index contributed by atoms with van der Waals surface area (Å²) >= 11 is 0. The number of urea groups is 2. The van der Waals surface area contributed by atoms with Gasteiger partial charge in [0.05, 0.1) is 11.7 Å². The van der Waals surface area contributed by atoms with Crippen molar-refractivity contribution in [1.29, 1.82) is 0 Å². The molecule has 5 heterocycles. The van der Waals surface area contributed by atoms with Crippen LogP contribution in [0.25, 0.3) is 10.9 Å². The molecule has 5 amide bonds. The van der Waals surface area contributed by atoms with Gasteiger partial charge in [0, 0.05) is 55.8 Å². The molecule has 7 rings (SSSR count). The molecule has 0 unspecified atom stereocenters. The first-order chi connectivity index (χ1) is 20.0. The highest BCUT2D eigenvalue weighted by molar-refractivity contribution is 5.93. The first-order valence-electron chi connectivity index (χ1n) is 14.7. The van der Waals surface area contributed by atoms with Gasteiger partial charge in [0.1, 0.15) is 6.04 Å². The van der Waals surface area contributed by atoms with Gasteiger partial charge in [0.25, 0.3) is 0 Å². The molecule has 214 valence electrons. The Morgan fingerprint density at radius 1 is 0.902 bits per heavy atom. The Balaban J connectivity index is 1.05. The van der Waals surface area contributed by atoms with Gasteiger partial charge in [-0.15, -0.1) is 0 Å². The average Bonchev–Trinajstić information content (AvgIpc) is 3.44. The highest BCUT2D eigenvalue weighted by Gasteiger charge is 2.38. The van der Waals surface area contributed by atoms with Gasteiger partial charge in [-0.1, -0.05) is 24.3 Å². The zero-order valence-corrected chi connectivity index (χ0v) is 23.1. The molecule has 2 aromatic carbocycles. The second-order valence-electron chi connectivity index (χ2n) is 11.6. The van der Waals surface area contributed by atoms with E-state index in [-0.39, 0.29) is 30.1 Å². The number of benzene rings is 2. The summed E-state index contributed by atoms with van der Waals surface area (Å²) in [6.45, 7) is 3.92. The van der Waals surface area contributed by atoms with Gasteiger partial charge in [0.2, 0.25) is 5.91 Å². The van der Waals surface area contributed by atoms with Crippen molar-refractivity contribution < 1.29 is 14.4 Å². The van der Waals surface area contributed by atoms with Crippen LogP contribution in [0.15, 0.2) is 42.6 Å². The lowest BCUT2D eigenvalue weighted by Crippen LogP contribution is -2.57. The Kier molecular flexibility index (Phi) is 6.74. The number of H-pyrrole nitrogens is 1. The van der Waals surface area contributed by atoms with Crippen molar-refractivity contribution in [1.82, 2.24) is 35.5 Å². The van der Waals surface area contributed by atoms with E-state index in [0.717, 1.165) is 59.2 Å². The molecular formula is C30H36N8O3. The molecule has 0 radical (unpaired) electrons. The van der Waals surface area contributed by atoms with Crippen molar-refractivity contribution in [2.24, 2.45) is 0 Å². The van der Waals surface area contributed by atoms with E-state index < -0.39 is 6.04 Å². The highest BCUT2D eigenvalue weighted by Crippen LogP contribution is 2.30. The normalized spacial score (nSPS) is 22.2. The van der Waals surface area contributed by atoms with Gasteiger partial charge >= 0.3 is 12.1 Å². The summed E-state index contributed by atoms with van der Waals surface area (Å²) in [5.41, 5.74) is 5.11. The van der Waals surface area contributed by atoms with Crippen LogP contribution < -0.4 is 16.0 Å². The van der Waals surface area contributed by atoms with Crippen LogP contribution in [0.2, 0.25) is 0 Å². The van der Waals surface area contributed by atoms with Gasteiger partial charge in [-0.2, -0.15) is 5.10 Å². The van der Waals surface area contributed by atoms with E-state index in [1.165, 1.54) is 0 Å². The number of carbonyl (C=O) groups is 3. The Morgan fingerprint density at radius 2 is 1.68 bits per heavy atom. The van der Waals surface area contributed by atoms with E-state index in [9.17, 15) is 14.4 Å². The monoisotopic (exact) mass is 556 g/mol. The molecule has 3 aromatic rings. The molecular weight excluding hydrogens is 520 g/mol. The van der Waals surface area contributed by atoms with Gasteiger partial charge in [-0.3, -0.25) is 9.89 Å². The second kappa shape index (κ2) is 10.7. The number of hydrogen-bond acceptors (Lipinski definition) is 5. The number of para-hydroxylation sites is 1. The Morgan fingerprint density at radius 3 is 2.51 bits per heavy atom. The fourth-order valence-electron chi connectivity index (χ4n) is 6.93. The highest BCUT2D eigenvalue weighted by atomic mass is 16.2. The summed E-state index contributed by atoms with van der Waals surface area (Å²) in [7, 11) is 0. The molecule has 1 aromatic heterocycles.